The summed E-state index contributed by atoms with van der Waals surface area (Å²) in [6, 6.07) is -0.652. The molecule has 0 aliphatic rings. The van der Waals surface area contributed by atoms with Gasteiger partial charge in [0.2, 0.25) is 5.91 Å². The van der Waals surface area contributed by atoms with Gasteiger partial charge in [0.25, 0.3) is 0 Å². The number of nitrogens with one attached hydrogen (secondary N) is 1. The van der Waals surface area contributed by atoms with Crippen LogP contribution in [0.4, 0.5) is 0 Å². The van der Waals surface area contributed by atoms with Gasteiger partial charge in [0.05, 0.1) is 31.3 Å². The highest BCUT2D eigenvalue weighted by Crippen LogP contribution is 2.18. The van der Waals surface area contributed by atoms with Gasteiger partial charge in [0.15, 0.2) is 0 Å². The Morgan fingerprint density at radius 1 is 0.356 bits per heavy atom. The molecule has 0 aromatic carbocycles. The number of aliphatic hydroxyl groups is 3. The number of amides is 1. The second-order valence-electron chi connectivity index (χ2n) is 19.2. The Morgan fingerprint density at radius 2 is 0.576 bits per heavy atom. The first-order chi connectivity index (χ1) is 29.0. The van der Waals surface area contributed by atoms with Crippen molar-refractivity contribution in [2.24, 2.45) is 0 Å². The molecular weight excluding hydrogens is 727 g/mol. The summed E-state index contributed by atoms with van der Waals surface area (Å²) < 4.78 is 0. The fourth-order valence-corrected chi connectivity index (χ4v) is 9.00. The van der Waals surface area contributed by atoms with E-state index in [9.17, 15) is 20.1 Å². The van der Waals surface area contributed by atoms with Gasteiger partial charge in [-0.1, -0.05) is 296 Å². The molecule has 0 saturated heterocycles. The highest BCUT2D eigenvalue weighted by Gasteiger charge is 2.21. The minimum Gasteiger partial charge on any atom is -0.394 e. The molecule has 59 heavy (non-hydrogen) atoms. The van der Waals surface area contributed by atoms with Gasteiger partial charge in [0.1, 0.15) is 0 Å². The van der Waals surface area contributed by atoms with Crippen molar-refractivity contribution in [3.8, 4) is 0 Å². The minimum atomic E-state index is -0.743. The topological polar surface area (TPSA) is 89.8 Å². The van der Waals surface area contributed by atoms with Crippen LogP contribution in [0, 0.1) is 0 Å². The van der Waals surface area contributed by atoms with Crippen molar-refractivity contribution in [2.45, 2.75) is 334 Å². The molecule has 5 nitrogen and oxygen atoms in total. The molecule has 0 aromatic heterocycles. The average Bonchev–Trinajstić information content (AvgIpc) is 3.23. The molecule has 0 radical (unpaired) electrons. The fraction of sp³-hybridized carbons (Fsp3) is 0.981. The average molecular weight is 836 g/mol. The lowest BCUT2D eigenvalue weighted by molar-refractivity contribution is -0.125. The molecule has 0 aliphatic heterocycles. The molecule has 1 amide bonds. The number of carbonyl (C=O) groups excluding carboxylic acids is 1. The monoisotopic (exact) mass is 836 g/mol. The van der Waals surface area contributed by atoms with Crippen LogP contribution < -0.4 is 5.32 Å². The van der Waals surface area contributed by atoms with Crippen molar-refractivity contribution in [3.05, 3.63) is 0 Å². The first kappa shape index (κ1) is 58.4. The quantitative estimate of drug-likeness (QED) is 0.0460. The highest BCUT2D eigenvalue weighted by atomic mass is 16.3. The smallest absolute Gasteiger partial charge is 0.222 e. The number of aliphatic hydroxyl groups excluding tert-OH is 3. The third kappa shape index (κ3) is 46.7. The zero-order valence-electron chi connectivity index (χ0n) is 40.4. The molecule has 0 aliphatic carbocycles. The maximum atomic E-state index is 12.5. The third-order valence-electron chi connectivity index (χ3n) is 13.2. The molecule has 4 N–H and O–H groups in total. The van der Waals surface area contributed by atoms with Crippen LogP contribution in [0.2, 0.25) is 0 Å². The van der Waals surface area contributed by atoms with E-state index in [1.54, 1.807) is 0 Å². The summed E-state index contributed by atoms with van der Waals surface area (Å²) in [6.45, 7) is 4.28. The van der Waals surface area contributed by atoms with E-state index in [-0.39, 0.29) is 18.9 Å². The van der Waals surface area contributed by atoms with Gasteiger partial charge >= 0.3 is 0 Å². The molecule has 0 saturated carbocycles. The van der Waals surface area contributed by atoms with Crippen LogP contribution in [0.1, 0.15) is 316 Å². The van der Waals surface area contributed by atoms with E-state index in [0.717, 1.165) is 25.7 Å². The Bertz CT molecular complexity index is 792. The fourth-order valence-electron chi connectivity index (χ4n) is 9.00. The van der Waals surface area contributed by atoms with Gasteiger partial charge in [-0.2, -0.15) is 0 Å². The number of unbranched alkanes of at least 4 members (excludes halogenated alkanes) is 42. The summed E-state index contributed by atoms with van der Waals surface area (Å²) in [6.07, 6.45) is 59.9. The zero-order chi connectivity index (χ0) is 43.0. The van der Waals surface area contributed by atoms with Gasteiger partial charge in [-0.15, -0.1) is 0 Å². The number of rotatable bonds is 51. The molecule has 0 aromatic rings. The van der Waals surface area contributed by atoms with Crippen LogP contribution in [0.5, 0.6) is 0 Å². The van der Waals surface area contributed by atoms with E-state index in [0.29, 0.717) is 12.8 Å². The van der Waals surface area contributed by atoms with Crippen LogP contribution in [-0.4, -0.2) is 46.1 Å². The maximum Gasteiger partial charge on any atom is 0.222 e. The first-order valence-corrected chi connectivity index (χ1v) is 27.3. The van der Waals surface area contributed by atoms with Crippen molar-refractivity contribution < 1.29 is 20.1 Å². The molecule has 0 spiro atoms. The Hall–Kier alpha value is -0.650. The summed E-state index contributed by atoms with van der Waals surface area (Å²) in [4.78, 5) is 12.5. The molecule has 0 rings (SSSR count). The van der Waals surface area contributed by atoms with Crippen LogP contribution >= 0.6 is 0 Å². The van der Waals surface area contributed by atoms with Gasteiger partial charge in [-0.25, -0.2) is 0 Å². The van der Waals surface area contributed by atoms with Crippen LogP contribution in [0.3, 0.4) is 0 Å². The zero-order valence-corrected chi connectivity index (χ0v) is 40.4. The lowest BCUT2D eigenvalue weighted by Crippen LogP contribution is -2.46. The summed E-state index contributed by atoms with van der Waals surface area (Å²) in [5.41, 5.74) is 0. The Labute approximate surface area is 370 Å². The maximum absolute atomic E-state index is 12.5. The predicted molar refractivity (Wildman–Crippen MR) is 259 cm³/mol. The van der Waals surface area contributed by atoms with E-state index in [1.165, 1.54) is 257 Å². The van der Waals surface area contributed by atoms with Gasteiger partial charge in [-0.3, -0.25) is 4.79 Å². The predicted octanol–water partition coefficient (Wildman–Crippen LogP) is 16.6. The van der Waals surface area contributed by atoms with Crippen molar-refractivity contribution in [1.29, 1.82) is 0 Å². The van der Waals surface area contributed by atoms with Crippen LogP contribution in [0.15, 0.2) is 0 Å². The number of hydrogen-bond acceptors (Lipinski definition) is 4. The molecule has 0 bridgehead atoms. The highest BCUT2D eigenvalue weighted by molar-refractivity contribution is 5.76. The second-order valence-corrected chi connectivity index (χ2v) is 19.2. The minimum absolute atomic E-state index is 0.0430. The second kappa shape index (κ2) is 50.0. The SMILES string of the molecule is CCCCCCCCCCCCCCCCCCCCCCCCCCCCCCCCCCCC(O)CC(=O)NC(CO)C(O)CCCCCCCCCCCCC. The van der Waals surface area contributed by atoms with Crippen LogP contribution in [0.25, 0.3) is 0 Å². The largest absolute Gasteiger partial charge is 0.394 e. The Morgan fingerprint density at radius 3 is 0.814 bits per heavy atom. The van der Waals surface area contributed by atoms with Gasteiger partial charge < -0.3 is 20.6 Å². The molecule has 3 atom stereocenters. The summed E-state index contributed by atoms with van der Waals surface area (Å²) in [5.74, 6) is -0.277. The lowest BCUT2D eigenvalue weighted by Gasteiger charge is -2.23. The van der Waals surface area contributed by atoms with E-state index in [1.807, 2.05) is 0 Å². The number of hydrogen-bond donors (Lipinski definition) is 4. The van der Waals surface area contributed by atoms with Crippen molar-refractivity contribution in [1.82, 2.24) is 5.32 Å². The van der Waals surface area contributed by atoms with Crippen molar-refractivity contribution >= 4 is 5.91 Å². The third-order valence-corrected chi connectivity index (χ3v) is 13.2. The van der Waals surface area contributed by atoms with Gasteiger partial charge in [-0.05, 0) is 12.8 Å². The first-order valence-electron chi connectivity index (χ1n) is 27.3. The molecular formula is C54H109NO4. The Balaban J connectivity index is 3.40. The Kier molecular flexibility index (Phi) is 49.4. The van der Waals surface area contributed by atoms with E-state index in [2.05, 4.69) is 19.2 Å². The molecule has 0 heterocycles. The standard InChI is InChI=1S/C54H109NO4/c1-3-5-7-9-11-13-15-16-17-18-19-20-21-22-23-24-25-26-27-28-29-30-31-32-33-34-35-36-38-39-41-43-45-47-51(57)49-54(59)55-52(50-56)53(58)48-46-44-42-40-37-14-12-10-8-6-4-2/h51-53,56-58H,3-50H2,1-2H3,(H,55,59). The van der Waals surface area contributed by atoms with Gasteiger partial charge in [0, 0.05) is 0 Å². The van der Waals surface area contributed by atoms with Crippen molar-refractivity contribution in [3.63, 3.8) is 0 Å². The molecule has 0 fully saturated rings. The van der Waals surface area contributed by atoms with Crippen LogP contribution in [-0.2, 0) is 4.79 Å². The summed E-state index contributed by atoms with van der Waals surface area (Å²) in [5, 5.41) is 33.4. The van der Waals surface area contributed by atoms with E-state index >= 15 is 0 Å². The summed E-state index contributed by atoms with van der Waals surface area (Å²) >= 11 is 0. The number of carbonyl (C=O) groups is 1. The lowest BCUT2D eigenvalue weighted by atomic mass is 10.0. The molecule has 354 valence electrons. The summed E-state index contributed by atoms with van der Waals surface area (Å²) in [7, 11) is 0. The van der Waals surface area contributed by atoms with Crippen molar-refractivity contribution in [2.75, 3.05) is 6.61 Å². The normalized spacial score (nSPS) is 13.2. The molecule has 3 unspecified atom stereocenters. The van der Waals surface area contributed by atoms with E-state index < -0.39 is 18.2 Å². The molecule has 5 heteroatoms. The van der Waals surface area contributed by atoms with E-state index in [4.69, 9.17) is 0 Å².